The second kappa shape index (κ2) is 6.50. The van der Waals surface area contributed by atoms with Crippen molar-refractivity contribution >= 4 is 17.6 Å². The molecular weight excluding hydrogens is 278 g/mol. The van der Waals surface area contributed by atoms with Crippen LogP contribution >= 0.6 is 11.6 Å². The highest BCUT2D eigenvalue weighted by Crippen LogP contribution is 2.33. The number of halogens is 1. The Morgan fingerprint density at radius 1 is 1.60 bits per heavy atom. The molecule has 2 unspecified atom stereocenters. The Bertz CT molecular complexity index is 481. The molecule has 1 aromatic rings. The Labute approximate surface area is 124 Å². The molecule has 0 bridgehead atoms. The van der Waals surface area contributed by atoms with E-state index in [9.17, 15) is 9.90 Å². The number of aliphatic carboxylic acids is 1. The molecule has 1 aromatic heterocycles. The first-order valence-electron chi connectivity index (χ1n) is 6.92. The predicted molar refractivity (Wildman–Crippen MR) is 76.6 cm³/mol. The summed E-state index contributed by atoms with van der Waals surface area (Å²) in [7, 11) is 0. The standard InChI is InChI=1S/C14H20ClN3O2/c1-9(2)8-18-6-4-10(14(19)20)7-11(18)13-16-5-3-12(15)17-13/h3,5,9-11H,4,6-8H2,1-2H3,(H,19,20). The molecule has 20 heavy (non-hydrogen) atoms. The number of nitrogens with zero attached hydrogens (tertiary/aromatic N) is 3. The summed E-state index contributed by atoms with van der Waals surface area (Å²) in [4.78, 5) is 22.1. The van der Waals surface area contributed by atoms with Crippen LogP contribution in [0.15, 0.2) is 12.3 Å². The third kappa shape index (κ3) is 3.67. The van der Waals surface area contributed by atoms with E-state index in [-0.39, 0.29) is 12.0 Å². The lowest BCUT2D eigenvalue weighted by molar-refractivity contribution is -0.144. The zero-order chi connectivity index (χ0) is 14.7. The highest BCUT2D eigenvalue weighted by molar-refractivity contribution is 6.29. The topological polar surface area (TPSA) is 66.3 Å². The SMILES string of the molecule is CC(C)CN1CCC(C(=O)O)CC1c1nccc(Cl)n1. The normalized spacial score (nSPS) is 24.0. The fourth-order valence-corrected chi connectivity index (χ4v) is 2.85. The van der Waals surface area contributed by atoms with Gasteiger partial charge in [-0.1, -0.05) is 25.4 Å². The molecule has 0 saturated carbocycles. The van der Waals surface area contributed by atoms with Gasteiger partial charge in [-0.05, 0) is 31.4 Å². The third-order valence-corrected chi connectivity index (χ3v) is 3.81. The number of piperidine rings is 1. The van der Waals surface area contributed by atoms with Crippen molar-refractivity contribution in [3.8, 4) is 0 Å². The fourth-order valence-electron chi connectivity index (χ4n) is 2.71. The van der Waals surface area contributed by atoms with Crippen molar-refractivity contribution in [3.63, 3.8) is 0 Å². The molecule has 0 radical (unpaired) electrons. The zero-order valence-corrected chi connectivity index (χ0v) is 12.5. The summed E-state index contributed by atoms with van der Waals surface area (Å²) in [5.74, 6) is 0.0781. The summed E-state index contributed by atoms with van der Waals surface area (Å²) in [6, 6.07) is 1.57. The van der Waals surface area contributed by atoms with E-state index in [1.807, 2.05) is 0 Å². The molecule has 2 heterocycles. The number of aromatic nitrogens is 2. The smallest absolute Gasteiger partial charge is 0.306 e. The molecule has 0 spiro atoms. The van der Waals surface area contributed by atoms with Crippen LogP contribution in [0.5, 0.6) is 0 Å². The summed E-state index contributed by atoms with van der Waals surface area (Å²) in [5.41, 5.74) is 0. The van der Waals surface area contributed by atoms with Gasteiger partial charge in [0.05, 0.1) is 12.0 Å². The monoisotopic (exact) mass is 297 g/mol. The van der Waals surface area contributed by atoms with E-state index >= 15 is 0 Å². The lowest BCUT2D eigenvalue weighted by Gasteiger charge is -2.38. The van der Waals surface area contributed by atoms with Crippen LogP contribution in [-0.2, 0) is 4.79 Å². The van der Waals surface area contributed by atoms with E-state index < -0.39 is 5.97 Å². The van der Waals surface area contributed by atoms with Gasteiger partial charge in [0.2, 0.25) is 0 Å². The first-order chi connectivity index (χ1) is 9.47. The Balaban J connectivity index is 2.23. The molecule has 2 atom stereocenters. The largest absolute Gasteiger partial charge is 0.481 e. The minimum Gasteiger partial charge on any atom is -0.481 e. The molecule has 5 nitrogen and oxygen atoms in total. The lowest BCUT2D eigenvalue weighted by atomic mass is 9.89. The second-order valence-electron chi connectivity index (χ2n) is 5.70. The van der Waals surface area contributed by atoms with E-state index in [4.69, 9.17) is 11.6 Å². The zero-order valence-electron chi connectivity index (χ0n) is 11.8. The molecule has 6 heteroatoms. The first-order valence-corrected chi connectivity index (χ1v) is 7.30. The van der Waals surface area contributed by atoms with Crippen LogP contribution in [0.2, 0.25) is 5.15 Å². The van der Waals surface area contributed by atoms with Crippen molar-refractivity contribution in [1.82, 2.24) is 14.9 Å². The van der Waals surface area contributed by atoms with Gasteiger partial charge in [0, 0.05) is 12.7 Å². The number of carboxylic acid groups (broad SMARTS) is 1. The van der Waals surface area contributed by atoms with Crippen molar-refractivity contribution in [2.24, 2.45) is 11.8 Å². The average molecular weight is 298 g/mol. The van der Waals surface area contributed by atoms with E-state index in [1.54, 1.807) is 12.3 Å². The lowest BCUT2D eigenvalue weighted by Crippen LogP contribution is -2.41. The highest BCUT2D eigenvalue weighted by atomic mass is 35.5. The van der Waals surface area contributed by atoms with Gasteiger partial charge in [-0.3, -0.25) is 9.69 Å². The van der Waals surface area contributed by atoms with E-state index in [2.05, 4.69) is 28.7 Å². The minimum atomic E-state index is -0.735. The fraction of sp³-hybridized carbons (Fsp3) is 0.643. The van der Waals surface area contributed by atoms with E-state index in [0.29, 0.717) is 29.7 Å². The second-order valence-corrected chi connectivity index (χ2v) is 6.09. The van der Waals surface area contributed by atoms with Crippen LogP contribution in [0.1, 0.15) is 38.6 Å². The van der Waals surface area contributed by atoms with Gasteiger partial charge in [0.15, 0.2) is 0 Å². The number of carbonyl (C=O) groups is 1. The molecule has 1 aliphatic heterocycles. The Kier molecular flexibility index (Phi) is 4.94. The van der Waals surface area contributed by atoms with Crippen LogP contribution in [0, 0.1) is 11.8 Å². The van der Waals surface area contributed by atoms with Gasteiger partial charge in [-0.15, -0.1) is 0 Å². The summed E-state index contributed by atoms with van der Waals surface area (Å²) in [6.45, 7) is 5.97. The minimum absolute atomic E-state index is 0.0639. The number of hydrogen-bond donors (Lipinski definition) is 1. The molecule has 2 rings (SSSR count). The molecule has 110 valence electrons. The molecular formula is C14H20ClN3O2. The number of carboxylic acids is 1. The maximum atomic E-state index is 11.2. The van der Waals surface area contributed by atoms with E-state index in [1.165, 1.54) is 0 Å². The van der Waals surface area contributed by atoms with Crippen LogP contribution in [0.25, 0.3) is 0 Å². The van der Waals surface area contributed by atoms with Gasteiger partial charge in [-0.25, -0.2) is 9.97 Å². The van der Waals surface area contributed by atoms with Gasteiger partial charge in [0.25, 0.3) is 0 Å². The van der Waals surface area contributed by atoms with Gasteiger partial charge in [0.1, 0.15) is 11.0 Å². The Morgan fingerprint density at radius 2 is 2.35 bits per heavy atom. The van der Waals surface area contributed by atoms with Crippen molar-refractivity contribution in [2.45, 2.75) is 32.7 Å². The van der Waals surface area contributed by atoms with Crippen molar-refractivity contribution < 1.29 is 9.90 Å². The van der Waals surface area contributed by atoms with Crippen molar-refractivity contribution in [3.05, 3.63) is 23.2 Å². The summed E-state index contributed by atoms with van der Waals surface area (Å²) in [5, 5.41) is 9.64. The molecule has 0 aromatic carbocycles. The molecule has 1 aliphatic rings. The predicted octanol–water partition coefficient (Wildman–Crippen LogP) is 2.62. The maximum absolute atomic E-state index is 11.2. The van der Waals surface area contributed by atoms with Gasteiger partial charge in [-0.2, -0.15) is 0 Å². The Hall–Kier alpha value is -1.20. The summed E-state index contributed by atoms with van der Waals surface area (Å²) < 4.78 is 0. The van der Waals surface area contributed by atoms with Crippen LogP contribution in [0.4, 0.5) is 0 Å². The number of rotatable bonds is 4. The van der Waals surface area contributed by atoms with Crippen LogP contribution in [0.3, 0.4) is 0 Å². The van der Waals surface area contributed by atoms with Crippen molar-refractivity contribution in [2.75, 3.05) is 13.1 Å². The molecule has 0 aliphatic carbocycles. The summed E-state index contributed by atoms with van der Waals surface area (Å²) in [6.07, 6.45) is 2.85. The molecule has 1 saturated heterocycles. The maximum Gasteiger partial charge on any atom is 0.306 e. The molecule has 0 amide bonds. The first kappa shape index (κ1) is 15.2. The van der Waals surface area contributed by atoms with Crippen molar-refractivity contribution in [1.29, 1.82) is 0 Å². The summed E-state index contributed by atoms with van der Waals surface area (Å²) >= 11 is 5.93. The molecule has 1 fully saturated rings. The third-order valence-electron chi connectivity index (χ3n) is 3.60. The number of likely N-dealkylation sites (tertiary alicyclic amines) is 1. The highest BCUT2D eigenvalue weighted by Gasteiger charge is 2.34. The number of hydrogen-bond acceptors (Lipinski definition) is 4. The quantitative estimate of drug-likeness (QED) is 0.865. The van der Waals surface area contributed by atoms with Gasteiger partial charge >= 0.3 is 5.97 Å². The van der Waals surface area contributed by atoms with Crippen LogP contribution < -0.4 is 0 Å². The Morgan fingerprint density at radius 3 is 2.95 bits per heavy atom. The molecule has 1 N–H and O–H groups in total. The average Bonchev–Trinajstić information content (AvgIpc) is 2.38. The van der Waals surface area contributed by atoms with Crippen LogP contribution in [-0.4, -0.2) is 39.0 Å². The van der Waals surface area contributed by atoms with Gasteiger partial charge < -0.3 is 5.11 Å². The van der Waals surface area contributed by atoms with E-state index in [0.717, 1.165) is 13.1 Å².